The lowest BCUT2D eigenvalue weighted by Crippen LogP contribution is -2.38. The van der Waals surface area contributed by atoms with E-state index in [1.54, 1.807) is 0 Å². The molecule has 4 heteroatoms. The molecule has 0 saturated heterocycles. The van der Waals surface area contributed by atoms with Crippen molar-refractivity contribution >= 4 is 11.9 Å². The average Bonchev–Trinajstić information content (AvgIpc) is 2.87. The highest BCUT2D eigenvalue weighted by atomic mass is 16.4. The van der Waals surface area contributed by atoms with Crippen LogP contribution in [0.2, 0.25) is 0 Å². The molecule has 0 aliphatic rings. The number of hydrogen-bond acceptors (Lipinski definition) is 2. The fourth-order valence-electron chi connectivity index (χ4n) is 5.90. The molecule has 0 spiro atoms. The Hall–Kier alpha value is -1.06. The van der Waals surface area contributed by atoms with Crippen LogP contribution in [-0.4, -0.2) is 22.2 Å². The summed E-state index contributed by atoms with van der Waals surface area (Å²) in [6, 6.07) is 0. The van der Waals surface area contributed by atoms with Crippen molar-refractivity contribution in [1.29, 1.82) is 0 Å². The van der Waals surface area contributed by atoms with E-state index < -0.39 is 17.4 Å². The molecule has 220 valence electrons. The van der Waals surface area contributed by atoms with Crippen LogP contribution < -0.4 is 0 Å². The van der Waals surface area contributed by atoms with Gasteiger partial charge in [0.25, 0.3) is 0 Å². The molecule has 1 unspecified atom stereocenters. The zero-order valence-corrected chi connectivity index (χ0v) is 25.2. The van der Waals surface area contributed by atoms with Crippen LogP contribution in [0.25, 0.3) is 0 Å². The maximum Gasteiger partial charge on any atom is 0.309 e. The Balaban J connectivity index is 4.41. The predicted molar refractivity (Wildman–Crippen MR) is 158 cm³/mol. The van der Waals surface area contributed by atoms with Crippen LogP contribution in [0.1, 0.15) is 188 Å². The molecule has 0 aromatic rings. The first-order valence-corrected chi connectivity index (χ1v) is 16.4. The van der Waals surface area contributed by atoms with Gasteiger partial charge in [0.05, 0.1) is 5.41 Å². The first-order valence-electron chi connectivity index (χ1n) is 16.4. The molecule has 0 aliphatic heterocycles. The minimum atomic E-state index is -0.681. The van der Waals surface area contributed by atoms with E-state index in [1.807, 2.05) is 0 Å². The highest BCUT2D eigenvalue weighted by Gasteiger charge is 2.42. The Morgan fingerprint density at radius 1 is 0.541 bits per heavy atom. The lowest BCUT2D eigenvalue weighted by molar-refractivity contribution is -0.154. The van der Waals surface area contributed by atoms with Gasteiger partial charge >= 0.3 is 11.9 Å². The predicted octanol–water partition coefficient (Wildman–Crippen LogP) is 11.0. The van der Waals surface area contributed by atoms with E-state index in [2.05, 4.69) is 20.8 Å². The van der Waals surface area contributed by atoms with Crippen molar-refractivity contribution in [1.82, 2.24) is 0 Å². The minimum absolute atomic E-state index is 0.252. The molecule has 0 aliphatic carbocycles. The Morgan fingerprint density at radius 3 is 1.27 bits per heavy atom. The summed E-state index contributed by atoms with van der Waals surface area (Å²) in [5, 5.41) is 19.1. The first kappa shape index (κ1) is 35.9. The molecule has 0 aromatic carbocycles. The molecule has 0 saturated carbocycles. The van der Waals surface area contributed by atoms with E-state index in [0.29, 0.717) is 6.42 Å². The van der Waals surface area contributed by atoms with E-state index in [1.165, 1.54) is 103 Å². The van der Waals surface area contributed by atoms with E-state index in [0.717, 1.165) is 57.8 Å². The topological polar surface area (TPSA) is 74.6 Å². The number of hydrogen-bond donors (Lipinski definition) is 2. The lowest BCUT2D eigenvalue weighted by atomic mass is 9.67. The van der Waals surface area contributed by atoms with Crippen molar-refractivity contribution in [2.75, 3.05) is 0 Å². The van der Waals surface area contributed by atoms with E-state index in [4.69, 9.17) is 5.11 Å². The molecule has 0 heterocycles. The van der Waals surface area contributed by atoms with Gasteiger partial charge in [-0.15, -0.1) is 0 Å². The number of rotatable bonds is 29. The maximum atomic E-state index is 12.7. The fraction of sp³-hybridized carbons (Fsp3) is 0.939. The number of unbranched alkanes of at least 4 members (excludes halogenated alkanes) is 19. The van der Waals surface area contributed by atoms with E-state index in [-0.39, 0.29) is 5.92 Å². The monoisotopic (exact) mass is 524 g/mol. The zero-order chi connectivity index (χ0) is 27.6. The first-order chi connectivity index (χ1) is 17.9. The molecule has 2 N–H and O–H groups in total. The van der Waals surface area contributed by atoms with Gasteiger partial charge in [-0.05, 0) is 31.6 Å². The largest absolute Gasteiger partial charge is 0.481 e. The van der Waals surface area contributed by atoms with Gasteiger partial charge in [-0.3, -0.25) is 9.59 Å². The Morgan fingerprint density at radius 2 is 0.892 bits per heavy atom. The molecule has 0 fully saturated rings. The molecule has 0 radical (unpaired) electrons. The van der Waals surface area contributed by atoms with Crippen molar-refractivity contribution in [2.45, 2.75) is 188 Å². The SMILES string of the molecule is CCCCCCCCC(CCCCCCCC)(C(=O)O)C(C)CCCCCCCCCCCCC(=O)O. The van der Waals surface area contributed by atoms with Crippen LogP contribution in [0, 0.1) is 11.3 Å². The Bertz CT molecular complexity index is 514. The summed E-state index contributed by atoms with van der Waals surface area (Å²) in [6.07, 6.45) is 29.3. The van der Waals surface area contributed by atoms with Crippen LogP contribution in [0.4, 0.5) is 0 Å². The van der Waals surface area contributed by atoms with Crippen LogP contribution in [0.15, 0.2) is 0 Å². The lowest BCUT2D eigenvalue weighted by Gasteiger charge is -2.36. The number of aliphatic carboxylic acids is 2. The van der Waals surface area contributed by atoms with Gasteiger partial charge in [0.1, 0.15) is 0 Å². The second-order valence-electron chi connectivity index (χ2n) is 11.9. The summed E-state index contributed by atoms with van der Waals surface area (Å²) in [5.74, 6) is -0.965. The van der Waals surface area contributed by atoms with Gasteiger partial charge in [0, 0.05) is 6.42 Å². The molecule has 4 nitrogen and oxygen atoms in total. The molecule has 1 atom stereocenters. The van der Waals surface area contributed by atoms with Crippen molar-refractivity contribution in [3.8, 4) is 0 Å². The number of carbonyl (C=O) groups is 2. The van der Waals surface area contributed by atoms with E-state index >= 15 is 0 Å². The molecule has 37 heavy (non-hydrogen) atoms. The Labute approximate surface area is 230 Å². The summed E-state index contributed by atoms with van der Waals surface area (Å²) < 4.78 is 0. The molecule has 0 rings (SSSR count). The van der Waals surface area contributed by atoms with E-state index in [9.17, 15) is 14.7 Å². The van der Waals surface area contributed by atoms with Gasteiger partial charge in [0.2, 0.25) is 0 Å². The third-order valence-corrected chi connectivity index (χ3v) is 8.60. The third kappa shape index (κ3) is 19.6. The summed E-state index contributed by atoms with van der Waals surface area (Å²) in [5.41, 5.74) is -0.532. The average molecular weight is 525 g/mol. The second-order valence-corrected chi connectivity index (χ2v) is 11.9. The van der Waals surface area contributed by atoms with Crippen molar-refractivity contribution in [3.63, 3.8) is 0 Å². The van der Waals surface area contributed by atoms with Crippen molar-refractivity contribution < 1.29 is 19.8 Å². The molecular weight excluding hydrogens is 460 g/mol. The Kier molecular flexibility index (Phi) is 24.5. The standard InChI is InChI=1S/C33H64O4/c1-4-6-8-10-20-24-28-33(32(36)37,29-25-21-11-9-7-5-2)30(3)26-22-18-16-14-12-13-15-17-19-23-27-31(34)35/h30H,4-29H2,1-3H3,(H,34,35)(H,36,37). The van der Waals surface area contributed by atoms with Gasteiger partial charge < -0.3 is 10.2 Å². The van der Waals surface area contributed by atoms with Crippen molar-refractivity contribution in [2.24, 2.45) is 11.3 Å². The summed E-state index contributed by atoms with van der Waals surface area (Å²) in [6.45, 7) is 6.71. The molecule has 0 bridgehead atoms. The van der Waals surface area contributed by atoms with Gasteiger partial charge in [0.15, 0.2) is 0 Å². The third-order valence-electron chi connectivity index (χ3n) is 8.60. The van der Waals surface area contributed by atoms with Crippen LogP contribution >= 0.6 is 0 Å². The normalized spacial score (nSPS) is 12.6. The summed E-state index contributed by atoms with van der Waals surface area (Å²) >= 11 is 0. The molecular formula is C33H64O4. The van der Waals surface area contributed by atoms with Crippen LogP contribution in [-0.2, 0) is 9.59 Å². The minimum Gasteiger partial charge on any atom is -0.481 e. The summed E-state index contributed by atoms with van der Waals surface area (Å²) in [4.78, 5) is 23.2. The van der Waals surface area contributed by atoms with Gasteiger partial charge in [-0.1, -0.05) is 156 Å². The quantitative estimate of drug-likeness (QED) is 0.0954. The number of carboxylic acid groups (broad SMARTS) is 2. The van der Waals surface area contributed by atoms with Crippen LogP contribution in [0.3, 0.4) is 0 Å². The van der Waals surface area contributed by atoms with Gasteiger partial charge in [-0.25, -0.2) is 0 Å². The highest BCUT2D eigenvalue weighted by Crippen LogP contribution is 2.42. The van der Waals surface area contributed by atoms with Crippen LogP contribution in [0.5, 0.6) is 0 Å². The van der Waals surface area contributed by atoms with Gasteiger partial charge in [-0.2, -0.15) is 0 Å². The maximum absolute atomic E-state index is 12.7. The fourth-order valence-corrected chi connectivity index (χ4v) is 5.90. The zero-order valence-electron chi connectivity index (χ0n) is 25.2. The smallest absolute Gasteiger partial charge is 0.309 e. The highest BCUT2D eigenvalue weighted by molar-refractivity contribution is 5.75. The van der Waals surface area contributed by atoms with Crippen molar-refractivity contribution in [3.05, 3.63) is 0 Å². The molecule has 0 amide bonds. The second kappa shape index (κ2) is 25.2. The molecule has 0 aromatic heterocycles. The summed E-state index contributed by atoms with van der Waals surface area (Å²) in [7, 11) is 0. The number of carboxylic acids is 2.